The lowest BCUT2D eigenvalue weighted by atomic mass is 9.89. The van der Waals surface area contributed by atoms with Crippen LogP contribution in [0.5, 0.6) is 0 Å². The molecule has 0 saturated heterocycles. The third-order valence-electron chi connectivity index (χ3n) is 4.90. The van der Waals surface area contributed by atoms with Crippen molar-refractivity contribution in [3.8, 4) is 0 Å². The standard InChI is InChI=1S/C22H32N2/c1-19(2)14-15-22(3,18-23)24(16-20-10-6-4-7-11-20)17-21-12-8-5-9-13-21/h4-13,19H,14-18,23H2,1-3H3. The molecule has 0 aliphatic carbocycles. The van der Waals surface area contributed by atoms with Crippen molar-refractivity contribution in [2.45, 2.75) is 52.2 Å². The van der Waals surface area contributed by atoms with Gasteiger partial charge in [-0.05, 0) is 36.8 Å². The van der Waals surface area contributed by atoms with E-state index in [2.05, 4.69) is 86.3 Å². The van der Waals surface area contributed by atoms with Gasteiger partial charge in [0.25, 0.3) is 0 Å². The van der Waals surface area contributed by atoms with Crippen molar-refractivity contribution >= 4 is 0 Å². The molecule has 2 aromatic rings. The topological polar surface area (TPSA) is 29.3 Å². The van der Waals surface area contributed by atoms with Crippen LogP contribution in [0.15, 0.2) is 60.7 Å². The van der Waals surface area contributed by atoms with Crippen LogP contribution in [0.25, 0.3) is 0 Å². The molecular weight excluding hydrogens is 292 g/mol. The normalized spacial score (nSPS) is 14.1. The number of rotatable bonds is 9. The highest BCUT2D eigenvalue weighted by Crippen LogP contribution is 2.27. The molecule has 2 rings (SSSR count). The highest BCUT2D eigenvalue weighted by atomic mass is 15.2. The smallest absolute Gasteiger partial charge is 0.0310 e. The largest absolute Gasteiger partial charge is 0.329 e. The molecule has 130 valence electrons. The first-order valence-corrected chi connectivity index (χ1v) is 9.06. The summed E-state index contributed by atoms with van der Waals surface area (Å²) in [6, 6.07) is 21.4. The summed E-state index contributed by atoms with van der Waals surface area (Å²) >= 11 is 0. The van der Waals surface area contributed by atoms with Crippen LogP contribution in [-0.4, -0.2) is 17.0 Å². The zero-order valence-electron chi connectivity index (χ0n) is 15.4. The van der Waals surface area contributed by atoms with Gasteiger partial charge in [-0.3, -0.25) is 4.90 Å². The average Bonchev–Trinajstić information content (AvgIpc) is 2.61. The third kappa shape index (κ3) is 5.47. The van der Waals surface area contributed by atoms with Crippen LogP contribution in [0, 0.1) is 5.92 Å². The van der Waals surface area contributed by atoms with E-state index >= 15 is 0 Å². The lowest BCUT2D eigenvalue weighted by Crippen LogP contribution is -2.51. The zero-order valence-corrected chi connectivity index (χ0v) is 15.4. The van der Waals surface area contributed by atoms with Gasteiger partial charge in [0, 0.05) is 25.2 Å². The van der Waals surface area contributed by atoms with Crippen molar-refractivity contribution in [3.63, 3.8) is 0 Å². The molecule has 2 nitrogen and oxygen atoms in total. The van der Waals surface area contributed by atoms with E-state index in [1.807, 2.05) is 0 Å². The van der Waals surface area contributed by atoms with Gasteiger partial charge >= 0.3 is 0 Å². The summed E-state index contributed by atoms with van der Waals surface area (Å²) in [6.45, 7) is 9.44. The lowest BCUT2D eigenvalue weighted by Gasteiger charge is -2.41. The highest BCUT2D eigenvalue weighted by Gasteiger charge is 2.30. The van der Waals surface area contributed by atoms with Gasteiger partial charge < -0.3 is 5.73 Å². The maximum atomic E-state index is 6.26. The molecule has 0 heterocycles. The van der Waals surface area contributed by atoms with E-state index in [4.69, 9.17) is 5.73 Å². The second-order valence-corrected chi connectivity index (χ2v) is 7.46. The van der Waals surface area contributed by atoms with Crippen molar-refractivity contribution in [2.24, 2.45) is 11.7 Å². The maximum absolute atomic E-state index is 6.26. The van der Waals surface area contributed by atoms with E-state index in [1.165, 1.54) is 17.5 Å². The molecule has 0 aromatic heterocycles. The monoisotopic (exact) mass is 324 g/mol. The Balaban J connectivity index is 2.22. The number of hydrogen-bond acceptors (Lipinski definition) is 2. The molecule has 0 spiro atoms. The first-order valence-electron chi connectivity index (χ1n) is 9.06. The first-order chi connectivity index (χ1) is 11.5. The van der Waals surface area contributed by atoms with Crippen molar-refractivity contribution in [1.82, 2.24) is 4.90 Å². The molecule has 0 aliphatic heterocycles. The van der Waals surface area contributed by atoms with Crippen LogP contribution in [0.4, 0.5) is 0 Å². The van der Waals surface area contributed by atoms with Crippen LogP contribution in [0.1, 0.15) is 44.7 Å². The fraction of sp³-hybridized carbons (Fsp3) is 0.455. The van der Waals surface area contributed by atoms with Gasteiger partial charge in [0.15, 0.2) is 0 Å². The Bertz CT molecular complexity index is 538. The number of nitrogens with two attached hydrogens (primary N) is 1. The predicted octanol–water partition coefficient (Wildman–Crippen LogP) is 4.84. The van der Waals surface area contributed by atoms with E-state index < -0.39 is 0 Å². The van der Waals surface area contributed by atoms with E-state index in [-0.39, 0.29) is 5.54 Å². The summed E-state index contributed by atoms with van der Waals surface area (Å²) in [5.74, 6) is 0.700. The van der Waals surface area contributed by atoms with Crippen LogP contribution in [-0.2, 0) is 13.1 Å². The predicted molar refractivity (Wildman–Crippen MR) is 104 cm³/mol. The molecule has 1 unspecified atom stereocenters. The minimum absolute atomic E-state index is 0.00987. The van der Waals surface area contributed by atoms with Crippen molar-refractivity contribution in [2.75, 3.05) is 6.54 Å². The van der Waals surface area contributed by atoms with Crippen molar-refractivity contribution in [3.05, 3.63) is 71.8 Å². The Morgan fingerprint density at radius 2 is 1.33 bits per heavy atom. The Labute approximate surface area is 147 Å². The third-order valence-corrected chi connectivity index (χ3v) is 4.90. The molecule has 0 radical (unpaired) electrons. The second-order valence-electron chi connectivity index (χ2n) is 7.46. The average molecular weight is 325 g/mol. The second kappa shape index (κ2) is 9.00. The van der Waals surface area contributed by atoms with Gasteiger partial charge in [0.05, 0.1) is 0 Å². The first kappa shape index (κ1) is 18.7. The molecule has 0 saturated carbocycles. The fourth-order valence-electron chi connectivity index (χ4n) is 3.03. The summed E-state index contributed by atoms with van der Waals surface area (Å²) < 4.78 is 0. The van der Waals surface area contributed by atoms with E-state index in [0.717, 1.165) is 19.5 Å². The minimum atomic E-state index is 0.00987. The van der Waals surface area contributed by atoms with Crippen molar-refractivity contribution < 1.29 is 0 Å². The lowest BCUT2D eigenvalue weighted by molar-refractivity contribution is 0.0789. The van der Waals surface area contributed by atoms with E-state index in [9.17, 15) is 0 Å². The van der Waals surface area contributed by atoms with Crippen LogP contribution in [0.3, 0.4) is 0 Å². The molecule has 2 aromatic carbocycles. The molecule has 2 heteroatoms. The van der Waals surface area contributed by atoms with Gasteiger partial charge in [0.1, 0.15) is 0 Å². The fourth-order valence-corrected chi connectivity index (χ4v) is 3.03. The Morgan fingerprint density at radius 1 is 0.875 bits per heavy atom. The molecule has 1 atom stereocenters. The van der Waals surface area contributed by atoms with E-state index in [0.29, 0.717) is 12.5 Å². The summed E-state index contributed by atoms with van der Waals surface area (Å²) in [5.41, 5.74) is 8.96. The number of nitrogens with zero attached hydrogens (tertiary/aromatic N) is 1. The highest BCUT2D eigenvalue weighted by molar-refractivity contribution is 5.18. The summed E-state index contributed by atoms with van der Waals surface area (Å²) in [4.78, 5) is 2.56. The SMILES string of the molecule is CC(C)CCC(C)(CN)N(Cc1ccccc1)Cc1ccccc1. The van der Waals surface area contributed by atoms with Gasteiger partial charge in [-0.2, -0.15) is 0 Å². The van der Waals surface area contributed by atoms with Gasteiger partial charge in [0.2, 0.25) is 0 Å². The molecule has 2 N–H and O–H groups in total. The summed E-state index contributed by atoms with van der Waals surface area (Å²) in [7, 11) is 0. The summed E-state index contributed by atoms with van der Waals surface area (Å²) in [5, 5.41) is 0. The molecule has 0 aliphatic rings. The number of benzene rings is 2. The van der Waals surface area contributed by atoms with Crippen LogP contribution < -0.4 is 5.73 Å². The molecule has 0 bridgehead atoms. The Morgan fingerprint density at radius 3 is 1.71 bits per heavy atom. The molecule has 0 amide bonds. The van der Waals surface area contributed by atoms with E-state index in [1.54, 1.807) is 0 Å². The molecule has 0 fully saturated rings. The quantitative estimate of drug-likeness (QED) is 0.715. The van der Waals surface area contributed by atoms with Gasteiger partial charge in [-0.1, -0.05) is 74.5 Å². The molecular formula is C22H32N2. The van der Waals surface area contributed by atoms with Crippen LogP contribution in [0.2, 0.25) is 0 Å². The summed E-state index contributed by atoms with van der Waals surface area (Å²) in [6.07, 6.45) is 2.33. The Hall–Kier alpha value is -1.64. The van der Waals surface area contributed by atoms with Crippen LogP contribution >= 0.6 is 0 Å². The zero-order chi connectivity index (χ0) is 17.4. The Kier molecular flexibility index (Phi) is 7.01. The maximum Gasteiger partial charge on any atom is 0.0310 e. The molecule has 24 heavy (non-hydrogen) atoms. The van der Waals surface area contributed by atoms with Gasteiger partial charge in [-0.15, -0.1) is 0 Å². The van der Waals surface area contributed by atoms with Crippen molar-refractivity contribution in [1.29, 1.82) is 0 Å². The van der Waals surface area contributed by atoms with Gasteiger partial charge in [-0.25, -0.2) is 0 Å². The number of hydrogen-bond donors (Lipinski definition) is 1. The minimum Gasteiger partial charge on any atom is -0.329 e.